The van der Waals surface area contributed by atoms with Gasteiger partial charge in [0.2, 0.25) is 17.4 Å². The fourth-order valence-corrected chi connectivity index (χ4v) is 5.16. The van der Waals surface area contributed by atoms with Crippen LogP contribution in [0.25, 0.3) is 16.6 Å². The predicted octanol–water partition coefficient (Wildman–Crippen LogP) is 7.58. The standard InChI is InChI=1S/C30H26BrF4N5O3/c1-15-8-26(43-28-19(32)6-5-7-20(28)33)37-13-23(15)40-29(36)17(12-38-40)27(41)22-9-16-10-24(42-14-25(34)35)18(31)11-21(16)39(22)30(2,3)4/h5-13,25H,14,36H2,1-4H3. The van der Waals surface area contributed by atoms with Crippen LogP contribution in [-0.4, -0.2) is 38.1 Å². The van der Waals surface area contributed by atoms with Crippen LogP contribution in [-0.2, 0) is 5.54 Å². The highest BCUT2D eigenvalue weighted by Gasteiger charge is 2.28. The first-order chi connectivity index (χ1) is 20.3. The monoisotopic (exact) mass is 659 g/mol. The van der Waals surface area contributed by atoms with Gasteiger partial charge in [0.15, 0.2) is 11.6 Å². The van der Waals surface area contributed by atoms with Crippen LogP contribution in [0.2, 0.25) is 0 Å². The zero-order valence-corrected chi connectivity index (χ0v) is 25.0. The van der Waals surface area contributed by atoms with Gasteiger partial charge in [0, 0.05) is 17.0 Å². The van der Waals surface area contributed by atoms with Crippen LogP contribution in [0.4, 0.5) is 23.4 Å². The summed E-state index contributed by atoms with van der Waals surface area (Å²) in [4.78, 5) is 18.1. The van der Waals surface area contributed by atoms with Crippen molar-refractivity contribution in [2.45, 2.75) is 39.7 Å². The lowest BCUT2D eigenvalue weighted by atomic mass is 10.1. The quantitative estimate of drug-likeness (QED) is 0.136. The van der Waals surface area contributed by atoms with Gasteiger partial charge < -0.3 is 19.8 Å². The molecule has 0 spiro atoms. The maximum absolute atomic E-state index is 14.0. The molecule has 0 unspecified atom stereocenters. The Balaban J connectivity index is 1.51. The van der Waals surface area contributed by atoms with Crippen molar-refractivity contribution in [1.29, 1.82) is 0 Å². The highest BCUT2D eigenvalue weighted by molar-refractivity contribution is 9.10. The van der Waals surface area contributed by atoms with Gasteiger partial charge in [-0.3, -0.25) is 4.79 Å². The molecule has 0 aliphatic carbocycles. The number of carbonyl (C=O) groups is 1. The van der Waals surface area contributed by atoms with Gasteiger partial charge in [-0.2, -0.15) is 5.10 Å². The molecule has 43 heavy (non-hydrogen) atoms. The number of pyridine rings is 1. The Morgan fingerprint density at radius 1 is 1.09 bits per heavy atom. The summed E-state index contributed by atoms with van der Waals surface area (Å²) >= 11 is 3.38. The van der Waals surface area contributed by atoms with E-state index in [0.29, 0.717) is 32.3 Å². The zero-order chi connectivity index (χ0) is 31.2. The second kappa shape index (κ2) is 11.4. The molecule has 3 aromatic heterocycles. The number of para-hydroxylation sites is 1. The van der Waals surface area contributed by atoms with Crippen molar-refractivity contribution in [3.63, 3.8) is 0 Å². The van der Waals surface area contributed by atoms with E-state index in [2.05, 4.69) is 26.0 Å². The van der Waals surface area contributed by atoms with Gasteiger partial charge in [0.05, 0.1) is 39.3 Å². The molecule has 3 heterocycles. The summed E-state index contributed by atoms with van der Waals surface area (Å²) in [5.74, 6) is -2.54. The molecule has 0 aliphatic heterocycles. The van der Waals surface area contributed by atoms with Crippen LogP contribution < -0.4 is 15.2 Å². The number of aryl methyl sites for hydroxylation is 1. The summed E-state index contributed by atoms with van der Waals surface area (Å²) in [6.07, 6.45) is 0.0652. The topological polar surface area (TPSA) is 97.2 Å². The minimum Gasteiger partial charge on any atom is -0.486 e. The molecule has 13 heteroatoms. The number of rotatable bonds is 8. The number of halogens is 5. The van der Waals surface area contributed by atoms with E-state index in [4.69, 9.17) is 15.2 Å². The third kappa shape index (κ3) is 5.81. The average Bonchev–Trinajstić information content (AvgIpc) is 3.49. The zero-order valence-electron chi connectivity index (χ0n) is 23.5. The van der Waals surface area contributed by atoms with E-state index in [9.17, 15) is 22.4 Å². The molecule has 8 nitrogen and oxygen atoms in total. The number of carbonyl (C=O) groups excluding carboxylic acids is 1. The maximum Gasteiger partial charge on any atom is 0.272 e. The van der Waals surface area contributed by atoms with E-state index in [1.807, 2.05) is 25.3 Å². The van der Waals surface area contributed by atoms with Gasteiger partial charge in [-0.15, -0.1) is 0 Å². The van der Waals surface area contributed by atoms with Crippen LogP contribution in [0.1, 0.15) is 42.4 Å². The number of fused-ring (bicyclic) bond motifs is 1. The van der Waals surface area contributed by atoms with Crippen LogP contribution >= 0.6 is 15.9 Å². The van der Waals surface area contributed by atoms with E-state index in [-0.39, 0.29) is 23.0 Å². The average molecular weight is 660 g/mol. The number of ketones is 1. The maximum atomic E-state index is 14.0. The molecule has 0 fully saturated rings. The lowest BCUT2D eigenvalue weighted by molar-refractivity contribution is 0.0816. The van der Waals surface area contributed by atoms with E-state index in [1.54, 1.807) is 25.1 Å². The fraction of sp³-hybridized carbons (Fsp3) is 0.233. The normalized spacial score (nSPS) is 11.9. The first-order valence-corrected chi connectivity index (χ1v) is 13.8. The number of nitrogens with two attached hydrogens (primary N) is 1. The molecule has 0 radical (unpaired) electrons. The third-order valence-electron chi connectivity index (χ3n) is 6.59. The molecule has 0 bridgehead atoms. The number of benzene rings is 2. The Morgan fingerprint density at radius 2 is 1.79 bits per heavy atom. The molecule has 0 aliphatic rings. The highest BCUT2D eigenvalue weighted by Crippen LogP contribution is 2.37. The van der Waals surface area contributed by atoms with Gasteiger partial charge in [-0.25, -0.2) is 27.2 Å². The molecular weight excluding hydrogens is 634 g/mol. The molecule has 0 saturated carbocycles. The molecule has 2 aromatic carbocycles. The third-order valence-corrected chi connectivity index (χ3v) is 7.21. The summed E-state index contributed by atoms with van der Waals surface area (Å²) in [5, 5.41) is 4.92. The Labute approximate surface area is 252 Å². The van der Waals surface area contributed by atoms with Crippen molar-refractivity contribution in [3.05, 3.63) is 87.8 Å². The minimum atomic E-state index is -2.64. The van der Waals surface area contributed by atoms with Crippen molar-refractivity contribution in [2.24, 2.45) is 0 Å². The number of hydrogen-bond acceptors (Lipinski definition) is 6. The predicted molar refractivity (Wildman–Crippen MR) is 157 cm³/mol. The van der Waals surface area contributed by atoms with Crippen LogP contribution in [0.15, 0.2) is 59.3 Å². The first-order valence-electron chi connectivity index (χ1n) is 13.0. The lowest BCUT2D eigenvalue weighted by Gasteiger charge is -2.25. The lowest BCUT2D eigenvalue weighted by Crippen LogP contribution is -2.26. The SMILES string of the molecule is Cc1cc(Oc2c(F)cccc2F)ncc1-n1ncc(C(=O)c2cc3cc(OCC(F)F)c(Br)cc3n2C(C)(C)C)c1N. The van der Waals surface area contributed by atoms with Crippen molar-refractivity contribution >= 4 is 38.4 Å². The molecule has 5 rings (SSSR count). The number of aromatic nitrogens is 4. The minimum absolute atomic E-state index is 0.0385. The van der Waals surface area contributed by atoms with E-state index in [1.165, 1.54) is 29.2 Å². The van der Waals surface area contributed by atoms with Gasteiger partial charge in [0.25, 0.3) is 6.43 Å². The number of anilines is 1. The van der Waals surface area contributed by atoms with Crippen molar-refractivity contribution in [1.82, 2.24) is 19.3 Å². The van der Waals surface area contributed by atoms with Crippen LogP contribution in [0.5, 0.6) is 17.4 Å². The number of hydrogen-bond donors (Lipinski definition) is 1. The number of nitrogen functional groups attached to an aromatic ring is 1. The second-order valence-corrected chi connectivity index (χ2v) is 11.6. The summed E-state index contributed by atoms with van der Waals surface area (Å²) in [6, 6.07) is 9.80. The molecule has 2 N–H and O–H groups in total. The fourth-order valence-electron chi connectivity index (χ4n) is 4.71. The summed E-state index contributed by atoms with van der Waals surface area (Å²) in [6.45, 7) is 6.71. The summed E-state index contributed by atoms with van der Waals surface area (Å²) in [5.41, 5.74) is 7.94. The van der Waals surface area contributed by atoms with Gasteiger partial charge in [-0.1, -0.05) is 6.07 Å². The molecule has 0 amide bonds. The number of ether oxygens (including phenoxy) is 2. The van der Waals surface area contributed by atoms with E-state index in [0.717, 1.165) is 12.1 Å². The molecule has 224 valence electrons. The van der Waals surface area contributed by atoms with E-state index < -0.39 is 41.7 Å². The number of alkyl halides is 2. The van der Waals surface area contributed by atoms with Crippen molar-refractivity contribution in [2.75, 3.05) is 12.3 Å². The van der Waals surface area contributed by atoms with Gasteiger partial charge in [0.1, 0.15) is 18.2 Å². The summed E-state index contributed by atoms with van der Waals surface area (Å²) in [7, 11) is 0. The Kier molecular flexibility index (Phi) is 7.95. The molecule has 5 aromatic rings. The Morgan fingerprint density at radius 3 is 2.42 bits per heavy atom. The van der Waals surface area contributed by atoms with E-state index >= 15 is 0 Å². The molecule has 0 atom stereocenters. The molecule has 0 saturated heterocycles. The van der Waals surface area contributed by atoms with Crippen LogP contribution in [0, 0.1) is 18.6 Å². The molecular formula is C30H26BrF4N5O3. The highest BCUT2D eigenvalue weighted by atomic mass is 79.9. The van der Waals surface area contributed by atoms with Crippen molar-refractivity contribution in [3.8, 4) is 23.1 Å². The summed E-state index contributed by atoms with van der Waals surface area (Å²) < 4.78 is 67.8. The Bertz CT molecular complexity index is 1840. The smallest absolute Gasteiger partial charge is 0.272 e. The second-order valence-electron chi connectivity index (χ2n) is 10.7. The Hall–Kier alpha value is -4.39. The largest absolute Gasteiger partial charge is 0.486 e. The van der Waals surface area contributed by atoms with Gasteiger partial charge in [-0.05, 0) is 79.5 Å². The van der Waals surface area contributed by atoms with Gasteiger partial charge >= 0.3 is 0 Å². The van der Waals surface area contributed by atoms with Crippen LogP contribution in [0.3, 0.4) is 0 Å². The van der Waals surface area contributed by atoms with Crippen molar-refractivity contribution < 1.29 is 31.8 Å². The first kappa shape index (κ1) is 30.1. The number of nitrogens with zero attached hydrogens (tertiary/aromatic N) is 4.